The van der Waals surface area contributed by atoms with Crippen LogP contribution in [0.5, 0.6) is 0 Å². The summed E-state index contributed by atoms with van der Waals surface area (Å²) in [5.41, 5.74) is 0.949. The van der Waals surface area contributed by atoms with Crippen molar-refractivity contribution >= 4 is 11.6 Å². The van der Waals surface area contributed by atoms with Crippen molar-refractivity contribution in [1.29, 1.82) is 0 Å². The van der Waals surface area contributed by atoms with Gasteiger partial charge in [-0.1, -0.05) is 6.07 Å². The molecule has 0 radical (unpaired) electrons. The van der Waals surface area contributed by atoms with Crippen LogP contribution in [0.1, 0.15) is 29.3 Å². The Balaban J connectivity index is 2.27. The second-order valence-electron chi connectivity index (χ2n) is 5.00. The quantitative estimate of drug-likeness (QED) is 0.671. The van der Waals surface area contributed by atoms with E-state index < -0.39 is 4.92 Å². The third kappa shape index (κ3) is 2.80. The maximum Gasteiger partial charge on any atom is 0.273 e. The third-order valence-electron chi connectivity index (χ3n) is 3.73. The summed E-state index contributed by atoms with van der Waals surface area (Å²) in [5, 5.41) is 14.2. The first-order chi connectivity index (χ1) is 9.54. The highest BCUT2D eigenvalue weighted by molar-refractivity contribution is 5.95. The summed E-state index contributed by atoms with van der Waals surface area (Å²) in [6.45, 7) is 5.90. The first-order valence-corrected chi connectivity index (χ1v) is 6.81. The number of carbonyl (C=O) groups excluding carboxylic acids is 1. The number of hydrogen-bond donors (Lipinski definition) is 1. The number of nitro benzene ring substituents is 1. The maximum absolute atomic E-state index is 12.5. The highest BCUT2D eigenvalue weighted by atomic mass is 16.6. The highest BCUT2D eigenvalue weighted by Gasteiger charge is 2.27. The Bertz CT molecular complexity index is 524. The largest absolute Gasteiger partial charge is 0.335 e. The van der Waals surface area contributed by atoms with Crippen LogP contribution in [0.4, 0.5) is 5.69 Å². The van der Waals surface area contributed by atoms with Crippen molar-refractivity contribution in [1.82, 2.24) is 10.2 Å². The van der Waals surface area contributed by atoms with Crippen LogP contribution in [0.15, 0.2) is 18.2 Å². The van der Waals surface area contributed by atoms with Crippen LogP contribution >= 0.6 is 0 Å². The molecule has 1 aliphatic rings. The topological polar surface area (TPSA) is 75.5 Å². The number of amides is 1. The number of nitro groups is 1. The molecule has 0 saturated carbocycles. The molecule has 1 N–H and O–H groups in total. The lowest BCUT2D eigenvalue weighted by atomic mass is 10.1. The van der Waals surface area contributed by atoms with Crippen molar-refractivity contribution in [3.05, 3.63) is 39.4 Å². The summed E-state index contributed by atoms with van der Waals surface area (Å²) < 4.78 is 0. The number of aryl methyl sites for hydroxylation is 1. The Morgan fingerprint density at radius 3 is 2.85 bits per heavy atom. The zero-order valence-corrected chi connectivity index (χ0v) is 11.8. The lowest BCUT2D eigenvalue weighted by Crippen LogP contribution is -2.41. The minimum Gasteiger partial charge on any atom is -0.335 e. The van der Waals surface area contributed by atoms with E-state index in [1.807, 2.05) is 6.92 Å². The predicted octanol–water partition coefficient (Wildman–Crippen LogP) is 1.73. The highest BCUT2D eigenvalue weighted by Crippen LogP contribution is 2.21. The average molecular weight is 277 g/mol. The Morgan fingerprint density at radius 2 is 2.30 bits per heavy atom. The molecule has 0 aromatic heterocycles. The lowest BCUT2D eigenvalue weighted by molar-refractivity contribution is -0.385. The van der Waals surface area contributed by atoms with Gasteiger partial charge in [0.05, 0.1) is 4.92 Å². The van der Waals surface area contributed by atoms with E-state index in [9.17, 15) is 14.9 Å². The smallest absolute Gasteiger partial charge is 0.273 e. The van der Waals surface area contributed by atoms with Crippen molar-refractivity contribution in [2.75, 3.05) is 19.6 Å². The molecular weight excluding hydrogens is 258 g/mol. The first-order valence-electron chi connectivity index (χ1n) is 6.81. The molecule has 0 bridgehead atoms. The normalized spacial score (nSPS) is 18.0. The van der Waals surface area contributed by atoms with Crippen LogP contribution in [0.25, 0.3) is 0 Å². The predicted molar refractivity (Wildman–Crippen MR) is 75.8 cm³/mol. The monoisotopic (exact) mass is 277 g/mol. The van der Waals surface area contributed by atoms with E-state index in [2.05, 4.69) is 5.32 Å². The van der Waals surface area contributed by atoms with E-state index in [1.54, 1.807) is 24.0 Å². The average Bonchev–Trinajstić information content (AvgIpc) is 2.93. The molecule has 1 unspecified atom stereocenters. The van der Waals surface area contributed by atoms with Gasteiger partial charge in [0.2, 0.25) is 0 Å². The number of rotatable bonds is 4. The Kier molecular flexibility index (Phi) is 4.34. The lowest BCUT2D eigenvalue weighted by Gasteiger charge is -2.27. The molecular formula is C14H19N3O3. The van der Waals surface area contributed by atoms with E-state index >= 15 is 0 Å². The molecule has 1 heterocycles. The van der Waals surface area contributed by atoms with Crippen LogP contribution < -0.4 is 5.32 Å². The molecule has 1 aromatic carbocycles. The molecule has 6 nitrogen and oxygen atoms in total. The Morgan fingerprint density at radius 1 is 1.55 bits per heavy atom. The van der Waals surface area contributed by atoms with Crippen molar-refractivity contribution in [3.63, 3.8) is 0 Å². The van der Waals surface area contributed by atoms with E-state index in [1.165, 1.54) is 6.07 Å². The summed E-state index contributed by atoms with van der Waals surface area (Å²) in [6.07, 6.45) is 0.924. The first kappa shape index (κ1) is 14.5. The summed E-state index contributed by atoms with van der Waals surface area (Å²) >= 11 is 0. The van der Waals surface area contributed by atoms with Gasteiger partial charge in [0.25, 0.3) is 11.6 Å². The van der Waals surface area contributed by atoms with Gasteiger partial charge in [-0.3, -0.25) is 14.9 Å². The van der Waals surface area contributed by atoms with Crippen LogP contribution in [-0.2, 0) is 0 Å². The van der Waals surface area contributed by atoms with E-state index in [4.69, 9.17) is 0 Å². The van der Waals surface area contributed by atoms with Gasteiger partial charge in [-0.15, -0.1) is 0 Å². The fraction of sp³-hybridized carbons (Fsp3) is 0.500. The van der Waals surface area contributed by atoms with E-state index in [0.717, 1.165) is 19.5 Å². The number of hydrogen-bond acceptors (Lipinski definition) is 4. The Labute approximate surface area is 117 Å². The molecule has 1 aliphatic heterocycles. The van der Waals surface area contributed by atoms with Gasteiger partial charge in [0, 0.05) is 36.3 Å². The van der Waals surface area contributed by atoms with Gasteiger partial charge in [-0.05, 0) is 32.9 Å². The molecule has 20 heavy (non-hydrogen) atoms. The summed E-state index contributed by atoms with van der Waals surface area (Å²) in [7, 11) is 0. The van der Waals surface area contributed by atoms with Crippen LogP contribution in [0, 0.1) is 17.0 Å². The SMILES string of the molecule is CCN(C(=O)c1ccc(C)c([N+](=O)[O-])c1)C1CCNC1. The summed E-state index contributed by atoms with van der Waals surface area (Å²) in [4.78, 5) is 24.8. The molecule has 0 aliphatic carbocycles. The molecule has 108 valence electrons. The van der Waals surface area contributed by atoms with Crippen molar-refractivity contribution in [2.45, 2.75) is 26.3 Å². The molecule has 1 saturated heterocycles. The van der Waals surface area contributed by atoms with Crippen LogP contribution in [-0.4, -0.2) is 41.4 Å². The number of nitrogens with one attached hydrogen (secondary N) is 1. The third-order valence-corrected chi connectivity index (χ3v) is 3.73. The maximum atomic E-state index is 12.5. The fourth-order valence-corrected chi connectivity index (χ4v) is 2.58. The second kappa shape index (κ2) is 6.00. The molecule has 2 rings (SSSR count). The van der Waals surface area contributed by atoms with Gasteiger partial charge in [0.1, 0.15) is 0 Å². The molecule has 1 atom stereocenters. The standard InChI is InChI=1S/C14H19N3O3/c1-3-16(12-6-7-15-9-12)14(18)11-5-4-10(2)13(8-11)17(19)20/h4-5,8,12,15H,3,6-7,9H2,1-2H3. The number of likely N-dealkylation sites (N-methyl/N-ethyl adjacent to an activating group) is 1. The minimum atomic E-state index is -0.445. The molecule has 1 fully saturated rings. The van der Waals surface area contributed by atoms with Gasteiger partial charge >= 0.3 is 0 Å². The summed E-state index contributed by atoms with van der Waals surface area (Å²) in [6, 6.07) is 4.85. The number of nitrogens with zero attached hydrogens (tertiary/aromatic N) is 2. The van der Waals surface area contributed by atoms with Crippen molar-refractivity contribution in [2.24, 2.45) is 0 Å². The zero-order valence-electron chi connectivity index (χ0n) is 11.8. The van der Waals surface area contributed by atoms with Crippen molar-refractivity contribution in [3.8, 4) is 0 Å². The van der Waals surface area contributed by atoms with Gasteiger partial charge in [0.15, 0.2) is 0 Å². The van der Waals surface area contributed by atoms with E-state index in [0.29, 0.717) is 17.7 Å². The second-order valence-corrected chi connectivity index (χ2v) is 5.00. The Hall–Kier alpha value is -1.95. The minimum absolute atomic E-state index is 0.00329. The molecule has 0 spiro atoms. The van der Waals surface area contributed by atoms with Crippen LogP contribution in [0.3, 0.4) is 0 Å². The van der Waals surface area contributed by atoms with E-state index in [-0.39, 0.29) is 17.6 Å². The molecule has 1 amide bonds. The van der Waals surface area contributed by atoms with Gasteiger partial charge in [-0.25, -0.2) is 0 Å². The molecule has 1 aromatic rings. The number of benzene rings is 1. The number of carbonyl (C=O) groups is 1. The van der Waals surface area contributed by atoms with Crippen LogP contribution in [0.2, 0.25) is 0 Å². The fourth-order valence-electron chi connectivity index (χ4n) is 2.58. The van der Waals surface area contributed by atoms with Crippen molar-refractivity contribution < 1.29 is 9.72 Å². The zero-order chi connectivity index (χ0) is 14.7. The van der Waals surface area contributed by atoms with Gasteiger partial charge in [-0.2, -0.15) is 0 Å². The molecule has 6 heteroatoms. The van der Waals surface area contributed by atoms with Gasteiger partial charge < -0.3 is 10.2 Å². The summed E-state index contributed by atoms with van der Waals surface area (Å²) in [5.74, 6) is -0.135.